The molecule has 1 N–H and O–H groups in total. The highest BCUT2D eigenvalue weighted by molar-refractivity contribution is 6.12. The lowest BCUT2D eigenvalue weighted by Crippen LogP contribution is -2.00. The van der Waals surface area contributed by atoms with Gasteiger partial charge in [-0.25, -0.2) is 4.79 Å². The number of fused-ring (bicyclic) bond motifs is 1. The van der Waals surface area contributed by atoms with Crippen LogP contribution in [-0.4, -0.2) is 11.1 Å². The summed E-state index contributed by atoms with van der Waals surface area (Å²) >= 11 is 0. The van der Waals surface area contributed by atoms with E-state index in [0.717, 1.165) is 22.3 Å². The molecular formula is C28H20O4. The highest BCUT2D eigenvalue weighted by Crippen LogP contribution is 2.43. The summed E-state index contributed by atoms with van der Waals surface area (Å²) in [5.74, 6) is 0.0546. The first-order chi connectivity index (χ1) is 15.7. The van der Waals surface area contributed by atoms with E-state index in [2.05, 4.69) is 0 Å². The summed E-state index contributed by atoms with van der Waals surface area (Å²) in [5.41, 5.74) is 4.16. The number of ether oxygens (including phenoxy) is 1. The Morgan fingerprint density at radius 3 is 2.00 bits per heavy atom. The first kappa shape index (κ1) is 19.6. The van der Waals surface area contributed by atoms with Crippen molar-refractivity contribution in [3.63, 3.8) is 0 Å². The van der Waals surface area contributed by atoms with E-state index in [-0.39, 0.29) is 5.56 Å². The second-order valence-electron chi connectivity index (χ2n) is 7.46. The average Bonchev–Trinajstić information content (AvgIpc) is 3.23. The molecule has 5 rings (SSSR count). The topological polar surface area (TPSA) is 59.7 Å². The lowest BCUT2D eigenvalue weighted by atomic mass is 9.96. The predicted octanol–water partition coefficient (Wildman–Crippen LogP) is 7.04. The van der Waals surface area contributed by atoms with Crippen molar-refractivity contribution in [1.29, 1.82) is 0 Å². The molecule has 0 amide bonds. The maximum absolute atomic E-state index is 12.3. The fourth-order valence-corrected chi connectivity index (χ4v) is 3.87. The predicted molar refractivity (Wildman–Crippen MR) is 125 cm³/mol. The van der Waals surface area contributed by atoms with E-state index in [1.165, 1.54) is 0 Å². The summed E-state index contributed by atoms with van der Waals surface area (Å²) in [6.07, 6.45) is 0. The largest absolute Gasteiger partial charge is 0.489 e. The van der Waals surface area contributed by atoms with Crippen LogP contribution in [0.15, 0.2) is 108 Å². The van der Waals surface area contributed by atoms with Crippen molar-refractivity contribution in [2.24, 2.45) is 0 Å². The molecule has 0 aliphatic rings. The summed E-state index contributed by atoms with van der Waals surface area (Å²) in [5, 5.41) is 10.6. The minimum Gasteiger partial charge on any atom is -0.489 e. The molecule has 0 spiro atoms. The Morgan fingerprint density at radius 2 is 1.38 bits per heavy atom. The molecule has 5 aromatic rings. The highest BCUT2D eigenvalue weighted by Gasteiger charge is 2.24. The number of aromatic carboxylic acids is 1. The van der Waals surface area contributed by atoms with Crippen LogP contribution >= 0.6 is 0 Å². The molecule has 4 heteroatoms. The van der Waals surface area contributed by atoms with E-state index in [0.29, 0.717) is 29.1 Å². The van der Waals surface area contributed by atoms with Crippen LogP contribution in [0.3, 0.4) is 0 Å². The number of hydrogen-bond donors (Lipinski definition) is 1. The highest BCUT2D eigenvalue weighted by atomic mass is 16.5. The Hall–Kier alpha value is -4.31. The van der Waals surface area contributed by atoms with Crippen LogP contribution in [0.4, 0.5) is 0 Å². The number of hydrogen-bond acceptors (Lipinski definition) is 3. The van der Waals surface area contributed by atoms with Gasteiger partial charge in [0.15, 0.2) is 0 Å². The van der Waals surface area contributed by atoms with Crippen molar-refractivity contribution < 1.29 is 19.1 Å². The molecular weight excluding hydrogens is 400 g/mol. The fraction of sp³-hybridized carbons (Fsp3) is 0.0357. The van der Waals surface area contributed by atoms with Gasteiger partial charge in [-0.1, -0.05) is 91.0 Å². The zero-order valence-corrected chi connectivity index (χ0v) is 17.2. The molecule has 1 heterocycles. The molecule has 32 heavy (non-hydrogen) atoms. The quantitative estimate of drug-likeness (QED) is 0.320. The second-order valence-corrected chi connectivity index (χ2v) is 7.46. The van der Waals surface area contributed by atoms with Crippen LogP contribution in [-0.2, 0) is 6.61 Å². The lowest BCUT2D eigenvalue weighted by molar-refractivity contribution is 0.0698. The van der Waals surface area contributed by atoms with Crippen molar-refractivity contribution in [2.45, 2.75) is 6.61 Å². The molecule has 0 saturated carbocycles. The van der Waals surface area contributed by atoms with E-state index in [4.69, 9.17) is 9.15 Å². The minimum absolute atomic E-state index is 0.148. The van der Waals surface area contributed by atoms with Crippen LogP contribution in [0.2, 0.25) is 0 Å². The van der Waals surface area contributed by atoms with Gasteiger partial charge in [0.2, 0.25) is 0 Å². The monoisotopic (exact) mass is 420 g/mol. The van der Waals surface area contributed by atoms with Gasteiger partial charge >= 0.3 is 5.97 Å². The lowest BCUT2D eigenvalue weighted by Gasteiger charge is -2.09. The zero-order valence-electron chi connectivity index (χ0n) is 17.2. The van der Waals surface area contributed by atoms with Gasteiger partial charge in [0.05, 0.1) is 5.56 Å². The third-order valence-corrected chi connectivity index (χ3v) is 5.34. The van der Waals surface area contributed by atoms with Gasteiger partial charge in [-0.2, -0.15) is 0 Å². The van der Waals surface area contributed by atoms with E-state index >= 15 is 0 Å². The Bertz CT molecular complexity index is 1370. The Labute approximate surface area is 185 Å². The molecule has 0 bridgehead atoms. The number of carbonyl (C=O) groups is 1. The van der Waals surface area contributed by atoms with Gasteiger partial charge in [0.25, 0.3) is 0 Å². The number of carboxylic acids is 1. The summed E-state index contributed by atoms with van der Waals surface area (Å²) < 4.78 is 12.2. The van der Waals surface area contributed by atoms with E-state index < -0.39 is 5.97 Å². The molecule has 0 aliphatic carbocycles. The first-order valence-electron chi connectivity index (χ1n) is 10.3. The van der Waals surface area contributed by atoms with E-state index in [1.54, 1.807) is 12.1 Å². The molecule has 0 aliphatic heterocycles. The van der Waals surface area contributed by atoms with Crippen LogP contribution in [0.25, 0.3) is 33.4 Å². The van der Waals surface area contributed by atoms with Crippen LogP contribution in [0.1, 0.15) is 15.9 Å². The minimum atomic E-state index is -1.03. The van der Waals surface area contributed by atoms with Gasteiger partial charge in [0.1, 0.15) is 23.7 Å². The first-order valence-corrected chi connectivity index (χ1v) is 10.3. The Morgan fingerprint density at radius 1 is 0.781 bits per heavy atom. The molecule has 0 atom stereocenters. The second kappa shape index (κ2) is 8.44. The molecule has 1 aromatic heterocycles. The van der Waals surface area contributed by atoms with Crippen LogP contribution < -0.4 is 4.74 Å². The molecule has 4 aromatic carbocycles. The van der Waals surface area contributed by atoms with Crippen molar-refractivity contribution in [3.05, 3.63) is 114 Å². The number of furan rings is 1. The van der Waals surface area contributed by atoms with Gasteiger partial charge in [-0.3, -0.25) is 0 Å². The molecule has 0 radical (unpaired) electrons. The van der Waals surface area contributed by atoms with Crippen molar-refractivity contribution in [3.8, 4) is 28.2 Å². The van der Waals surface area contributed by atoms with Crippen LogP contribution in [0.5, 0.6) is 5.75 Å². The fourth-order valence-electron chi connectivity index (χ4n) is 3.87. The Kier molecular flexibility index (Phi) is 5.18. The maximum Gasteiger partial charge on any atom is 0.336 e. The molecule has 156 valence electrons. The number of rotatable bonds is 6. The van der Waals surface area contributed by atoms with E-state index in [1.807, 2.05) is 91.0 Å². The Balaban J connectivity index is 1.70. The molecule has 0 fully saturated rings. The number of carboxylic acid groups (broad SMARTS) is 1. The average molecular weight is 420 g/mol. The van der Waals surface area contributed by atoms with Gasteiger partial charge in [-0.15, -0.1) is 0 Å². The zero-order chi connectivity index (χ0) is 21.9. The van der Waals surface area contributed by atoms with Gasteiger partial charge < -0.3 is 14.3 Å². The summed E-state index contributed by atoms with van der Waals surface area (Å²) in [7, 11) is 0. The molecule has 0 saturated heterocycles. The number of benzene rings is 4. The van der Waals surface area contributed by atoms with Crippen molar-refractivity contribution >= 4 is 16.9 Å². The van der Waals surface area contributed by atoms with E-state index in [9.17, 15) is 9.90 Å². The third-order valence-electron chi connectivity index (χ3n) is 5.34. The van der Waals surface area contributed by atoms with Gasteiger partial charge in [-0.05, 0) is 17.2 Å². The van der Waals surface area contributed by atoms with Crippen LogP contribution in [0, 0.1) is 0 Å². The third kappa shape index (κ3) is 3.74. The standard InChI is InChI=1S/C28H20O4/c29-28(30)23-16-22(31-18-19-10-4-1-5-11-19)17-24-26(23)25(20-12-6-2-7-13-20)27(32-24)21-14-8-3-9-15-21/h1-17H,18H2,(H,29,30). The normalized spacial score (nSPS) is 10.9. The van der Waals surface area contributed by atoms with Gasteiger partial charge in [0, 0.05) is 22.6 Å². The summed E-state index contributed by atoms with van der Waals surface area (Å²) in [6, 6.07) is 32.5. The molecule has 4 nitrogen and oxygen atoms in total. The summed E-state index contributed by atoms with van der Waals surface area (Å²) in [6.45, 7) is 0.337. The SMILES string of the molecule is O=C(O)c1cc(OCc2ccccc2)cc2oc(-c3ccccc3)c(-c3ccccc3)c12. The van der Waals surface area contributed by atoms with Crippen molar-refractivity contribution in [1.82, 2.24) is 0 Å². The van der Waals surface area contributed by atoms with Crippen molar-refractivity contribution in [2.75, 3.05) is 0 Å². The maximum atomic E-state index is 12.3. The molecule has 0 unspecified atom stereocenters. The summed E-state index contributed by atoms with van der Waals surface area (Å²) in [4.78, 5) is 12.3. The smallest absolute Gasteiger partial charge is 0.336 e.